The molecule has 118 valence electrons. The average molecular weight is 305 g/mol. The molecule has 2 aromatic rings. The van der Waals surface area contributed by atoms with Gasteiger partial charge in [-0.25, -0.2) is 9.78 Å². The highest BCUT2D eigenvalue weighted by atomic mass is 16.5. The van der Waals surface area contributed by atoms with E-state index in [1.54, 1.807) is 20.3 Å². The lowest BCUT2D eigenvalue weighted by atomic mass is 9.97. The third-order valence-corrected chi connectivity index (χ3v) is 3.37. The molecule has 1 aromatic heterocycles. The van der Waals surface area contributed by atoms with Crippen LogP contribution in [0.3, 0.4) is 0 Å². The molecule has 0 N–H and O–H groups in total. The van der Waals surface area contributed by atoms with Crippen molar-refractivity contribution in [1.29, 1.82) is 0 Å². The molecule has 0 saturated heterocycles. The van der Waals surface area contributed by atoms with Gasteiger partial charge in [0.25, 0.3) is 0 Å². The van der Waals surface area contributed by atoms with E-state index < -0.39 is 5.97 Å². The number of aromatic nitrogens is 1. The summed E-state index contributed by atoms with van der Waals surface area (Å²) in [5.41, 5.74) is 2.02. The van der Waals surface area contributed by atoms with Crippen LogP contribution in [0.25, 0.3) is 11.3 Å². The number of nitrogens with zero attached hydrogens (tertiary/aromatic N) is 1. The number of hydrogen-bond donors (Lipinski definition) is 0. The molecule has 0 aliphatic rings. The van der Waals surface area contributed by atoms with Crippen molar-refractivity contribution in [3.05, 3.63) is 29.9 Å². The van der Waals surface area contributed by atoms with Gasteiger partial charge in [-0.05, 0) is 17.5 Å². The van der Waals surface area contributed by atoms with E-state index in [-0.39, 0.29) is 11.7 Å². The number of carbonyl (C=O) groups excluding carboxylic acids is 1. The third kappa shape index (κ3) is 2.77. The van der Waals surface area contributed by atoms with Crippen LogP contribution in [-0.2, 0) is 4.74 Å². The van der Waals surface area contributed by atoms with E-state index in [1.165, 1.54) is 13.5 Å². The molecular formula is C16H19NO5. The summed E-state index contributed by atoms with van der Waals surface area (Å²) in [5, 5.41) is 0. The lowest BCUT2D eigenvalue weighted by Crippen LogP contribution is -2.03. The fraction of sp³-hybridized carbons (Fsp3) is 0.375. The second kappa shape index (κ2) is 6.51. The third-order valence-electron chi connectivity index (χ3n) is 3.37. The molecule has 22 heavy (non-hydrogen) atoms. The molecule has 0 aliphatic heterocycles. The summed E-state index contributed by atoms with van der Waals surface area (Å²) in [5.74, 6) is 0.948. The Kier molecular flexibility index (Phi) is 4.70. The lowest BCUT2D eigenvalue weighted by Gasteiger charge is -2.16. The summed E-state index contributed by atoms with van der Waals surface area (Å²) in [7, 11) is 4.45. The van der Waals surface area contributed by atoms with Crippen LogP contribution in [0.2, 0.25) is 0 Å². The first-order valence-electron chi connectivity index (χ1n) is 6.81. The van der Waals surface area contributed by atoms with Crippen LogP contribution in [0.5, 0.6) is 11.5 Å². The number of rotatable bonds is 5. The Hall–Kier alpha value is -2.50. The van der Waals surface area contributed by atoms with Crippen LogP contribution in [-0.4, -0.2) is 32.3 Å². The molecule has 0 radical (unpaired) electrons. The maximum atomic E-state index is 11.8. The molecule has 1 heterocycles. The normalized spacial score (nSPS) is 10.6. The van der Waals surface area contributed by atoms with Gasteiger partial charge in [0, 0.05) is 11.6 Å². The summed E-state index contributed by atoms with van der Waals surface area (Å²) < 4.78 is 20.7. The summed E-state index contributed by atoms with van der Waals surface area (Å²) in [6.07, 6.45) is 1.21. The lowest BCUT2D eigenvalue weighted by molar-refractivity contribution is 0.0566. The number of methoxy groups -OCH3 is 3. The van der Waals surface area contributed by atoms with Crippen LogP contribution in [0, 0.1) is 0 Å². The summed E-state index contributed by atoms with van der Waals surface area (Å²) in [6, 6.07) is 3.67. The van der Waals surface area contributed by atoms with Gasteiger partial charge in [-0.15, -0.1) is 0 Å². The minimum atomic E-state index is -0.587. The Morgan fingerprint density at radius 3 is 2.36 bits per heavy atom. The first-order valence-corrected chi connectivity index (χ1v) is 6.81. The molecule has 0 atom stereocenters. The number of esters is 1. The van der Waals surface area contributed by atoms with E-state index in [0.29, 0.717) is 17.0 Å². The number of oxazole rings is 1. The summed E-state index contributed by atoms with van der Waals surface area (Å²) in [6.45, 7) is 4.11. The molecule has 0 aliphatic carbocycles. The summed E-state index contributed by atoms with van der Waals surface area (Å²) in [4.78, 5) is 15.9. The van der Waals surface area contributed by atoms with Crippen LogP contribution >= 0.6 is 0 Å². The van der Waals surface area contributed by atoms with Gasteiger partial charge in [0.05, 0.1) is 21.3 Å². The van der Waals surface area contributed by atoms with Gasteiger partial charge >= 0.3 is 5.97 Å². The minimum absolute atomic E-state index is 0.0423. The topological polar surface area (TPSA) is 70.8 Å². The number of hydrogen-bond acceptors (Lipinski definition) is 6. The first kappa shape index (κ1) is 15.9. The van der Waals surface area contributed by atoms with Crippen molar-refractivity contribution in [2.24, 2.45) is 0 Å². The molecule has 6 nitrogen and oxygen atoms in total. The van der Waals surface area contributed by atoms with E-state index in [2.05, 4.69) is 18.8 Å². The molecular weight excluding hydrogens is 286 g/mol. The smallest absolute Gasteiger partial charge is 0.376 e. The first-order chi connectivity index (χ1) is 10.5. The van der Waals surface area contributed by atoms with Gasteiger partial charge in [0.15, 0.2) is 6.39 Å². The largest absolute Gasteiger partial charge is 0.496 e. The molecule has 0 amide bonds. The Labute approximate surface area is 129 Å². The standard InChI is InChI=1S/C16H19NO5/c1-9(2)10-6-11(13(20-4)7-12(10)19-3)14-15(16(18)21-5)22-8-17-14/h6-9H,1-5H3. The molecule has 2 rings (SSSR count). The monoisotopic (exact) mass is 305 g/mol. The van der Waals surface area contributed by atoms with Crippen molar-refractivity contribution < 1.29 is 23.4 Å². The van der Waals surface area contributed by atoms with Crippen LogP contribution < -0.4 is 9.47 Å². The predicted molar refractivity (Wildman–Crippen MR) is 80.5 cm³/mol. The highest BCUT2D eigenvalue weighted by molar-refractivity contribution is 5.94. The Morgan fingerprint density at radius 1 is 1.14 bits per heavy atom. The van der Waals surface area contributed by atoms with Crippen molar-refractivity contribution in [2.45, 2.75) is 19.8 Å². The highest BCUT2D eigenvalue weighted by Gasteiger charge is 2.24. The zero-order chi connectivity index (χ0) is 16.3. The van der Waals surface area contributed by atoms with Gasteiger partial charge in [0.2, 0.25) is 5.76 Å². The van der Waals surface area contributed by atoms with Crippen LogP contribution in [0.1, 0.15) is 35.9 Å². The predicted octanol–water partition coefficient (Wildman–Crippen LogP) is 3.27. The molecule has 0 spiro atoms. The Bertz CT molecular complexity index is 675. The zero-order valence-corrected chi connectivity index (χ0v) is 13.3. The van der Waals surface area contributed by atoms with Crippen LogP contribution in [0.15, 0.2) is 22.9 Å². The van der Waals surface area contributed by atoms with Gasteiger partial charge < -0.3 is 18.6 Å². The van der Waals surface area contributed by atoms with Crippen molar-refractivity contribution in [1.82, 2.24) is 4.98 Å². The van der Waals surface area contributed by atoms with Crippen molar-refractivity contribution >= 4 is 5.97 Å². The Balaban J connectivity index is 2.67. The van der Waals surface area contributed by atoms with Gasteiger partial charge in [-0.3, -0.25) is 0 Å². The molecule has 1 aromatic carbocycles. The van der Waals surface area contributed by atoms with Crippen molar-refractivity contribution in [2.75, 3.05) is 21.3 Å². The fourth-order valence-electron chi connectivity index (χ4n) is 2.24. The van der Waals surface area contributed by atoms with Gasteiger partial charge in [0.1, 0.15) is 17.2 Å². The maximum absolute atomic E-state index is 11.8. The Morgan fingerprint density at radius 2 is 1.82 bits per heavy atom. The van der Waals surface area contributed by atoms with E-state index in [0.717, 1.165) is 11.3 Å². The number of carbonyl (C=O) groups is 1. The van der Waals surface area contributed by atoms with Gasteiger partial charge in [-0.2, -0.15) is 0 Å². The van der Waals surface area contributed by atoms with Gasteiger partial charge in [-0.1, -0.05) is 13.8 Å². The van der Waals surface area contributed by atoms with Crippen LogP contribution in [0.4, 0.5) is 0 Å². The quantitative estimate of drug-likeness (QED) is 0.790. The minimum Gasteiger partial charge on any atom is -0.496 e. The molecule has 0 unspecified atom stereocenters. The molecule has 0 fully saturated rings. The van der Waals surface area contributed by atoms with E-state index in [9.17, 15) is 4.79 Å². The second-order valence-corrected chi connectivity index (χ2v) is 4.97. The fourth-order valence-corrected chi connectivity index (χ4v) is 2.24. The average Bonchev–Trinajstić information content (AvgIpc) is 3.01. The number of ether oxygens (including phenoxy) is 3. The van der Waals surface area contributed by atoms with E-state index >= 15 is 0 Å². The highest BCUT2D eigenvalue weighted by Crippen LogP contribution is 2.39. The maximum Gasteiger partial charge on any atom is 0.376 e. The molecule has 0 saturated carbocycles. The van der Waals surface area contributed by atoms with E-state index in [4.69, 9.17) is 18.6 Å². The second-order valence-electron chi connectivity index (χ2n) is 4.97. The molecule has 6 heteroatoms. The summed E-state index contributed by atoms with van der Waals surface area (Å²) >= 11 is 0. The van der Waals surface area contributed by atoms with Crippen molar-refractivity contribution in [3.8, 4) is 22.8 Å². The SMILES string of the molecule is COC(=O)c1ocnc1-c1cc(C(C)C)c(OC)cc1OC. The number of benzene rings is 1. The zero-order valence-electron chi connectivity index (χ0n) is 13.3. The van der Waals surface area contributed by atoms with E-state index in [1.807, 2.05) is 6.07 Å². The molecule has 0 bridgehead atoms. The van der Waals surface area contributed by atoms with Crippen molar-refractivity contribution in [3.63, 3.8) is 0 Å².